The van der Waals surface area contributed by atoms with Crippen molar-refractivity contribution in [3.05, 3.63) is 24.3 Å². The van der Waals surface area contributed by atoms with Crippen LogP contribution in [0, 0.1) is 0 Å². The van der Waals surface area contributed by atoms with Crippen LogP contribution in [0.15, 0.2) is 28.6 Å². The molecule has 1 aromatic carbocycles. The van der Waals surface area contributed by atoms with Crippen molar-refractivity contribution in [3.8, 4) is 0 Å². The Morgan fingerprint density at radius 2 is 2.29 bits per heavy atom. The molecule has 2 nitrogen and oxygen atoms in total. The lowest BCUT2D eigenvalue weighted by atomic mass is 10.3. The van der Waals surface area contributed by atoms with Crippen LogP contribution in [0.25, 0.3) is 10.2 Å². The van der Waals surface area contributed by atoms with Gasteiger partial charge in [-0.05, 0) is 12.1 Å². The summed E-state index contributed by atoms with van der Waals surface area (Å²) in [7, 11) is 0. The van der Waals surface area contributed by atoms with E-state index in [1.54, 1.807) is 0 Å². The first-order valence-corrected chi connectivity index (χ1v) is 5.76. The van der Waals surface area contributed by atoms with Crippen molar-refractivity contribution in [2.75, 3.05) is 6.61 Å². The van der Waals surface area contributed by atoms with E-state index in [4.69, 9.17) is 5.11 Å². The van der Waals surface area contributed by atoms with Gasteiger partial charge in [0.2, 0.25) is 0 Å². The van der Waals surface area contributed by atoms with Crippen LogP contribution < -0.4 is 0 Å². The summed E-state index contributed by atoms with van der Waals surface area (Å²) < 4.78 is 14.5. The number of aliphatic hydroxyl groups excluding tert-OH is 1. The van der Waals surface area contributed by atoms with Gasteiger partial charge in [0.1, 0.15) is 0 Å². The Kier molecular flexibility index (Phi) is 3.00. The van der Waals surface area contributed by atoms with E-state index in [9.17, 15) is 4.39 Å². The monoisotopic (exact) mass is 229 g/mol. The number of benzene rings is 1. The Morgan fingerprint density at radius 3 is 3.00 bits per heavy atom. The average molecular weight is 229 g/mol. The van der Waals surface area contributed by atoms with Crippen molar-refractivity contribution in [1.29, 1.82) is 0 Å². The highest BCUT2D eigenvalue weighted by Gasteiger charge is 2.10. The third-order valence-electron chi connectivity index (χ3n) is 1.65. The molecule has 0 fully saturated rings. The predicted molar refractivity (Wildman–Crippen MR) is 57.5 cm³/mol. The van der Waals surface area contributed by atoms with Gasteiger partial charge in [-0.25, -0.2) is 9.37 Å². The second-order valence-corrected chi connectivity index (χ2v) is 5.08. The largest absolute Gasteiger partial charge is 0.392 e. The molecule has 0 aliphatic carbocycles. The molecule has 0 aliphatic heterocycles. The first-order valence-electron chi connectivity index (χ1n) is 4.07. The summed E-state index contributed by atoms with van der Waals surface area (Å²) in [6, 6.07) is 7.66. The highest BCUT2D eigenvalue weighted by Crippen LogP contribution is 2.31. The molecule has 0 saturated carbocycles. The molecule has 1 atom stereocenters. The summed E-state index contributed by atoms with van der Waals surface area (Å²) in [5, 5.41) is 8.55. The Labute approximate surface area is 88.8 Å². The lowest BCUT2D eigenvalue weighted by Crippen LogP contribution is -1.98. The molecule has 0 amide bonds. The van der Waals surface area contributed by atoms with Crippen molar-refractivity contribution >= 4 is 33.3 Å². The van der Waals surface area contributed by atoms with E-state index in [-0.39, 0.29) is 0 Å². The smallest absolute Gasteiger partial charge is 0.175 e. The Bertz CT molecular complexity index is 398. The molecule has 1 unspecified atom stereocenters. The van der Waals surface area contributed by atoms with Gasteiger partial charge in [-0.3, -0.25) is 0 Å². The third-order valence-corrected chi connectivity index (χ3v) is 3.71. The molecule has 0 bridgehead atoms. The molecule has 0 saturated heterocycles. The number of para-hydroxylation sites is 1. The van der Waals surface area contributed by atoms with Crippen LogP contribution >= 0.6 is 23.1 Å². The number of thioether (sulfide) groups is 1. The van der Waals surface area contributed by atoms with Crippen LogP contribution in [0.1, 0.15) is 0 Å². The first kappa shape index (κ1) is 9.89. The Hall–Kier alpha value is -0.650. The van der Waals surface area contributed by atoms with Crippen LogP contribution in [0.4, 0.5) is 4.39 Å². The van der Waals surface area contributed by atoms with Crippen molar-refractivity contribution in [3.63, 3.8) is 0 Å². The first-order chi connectivity index (χ1) is 6.79. The molecular weight excluding hydrogens is 221 g/mol. The maximum Gasteiger partial charge on any atom is 0.175 e. The molecule has 2 rings (SSSR count). The zero-order valence-electron chi connectivity index (χ0n) is 7.18. The molecule has 5 heteroatoms. The van der Waals surface area contributed by atoms with Gasteiger partial charge in [0.25, 0.3) is 0 Å². The third kappa shape index (κ3) is 2.05. The fourth-order valence-corrected chi connectivity index (χ4v) is 2.96. The maximum atomic E-state index is 12.8. The van der Waals surface area contributed by atoms with Gasteiger partial charge in [0.15, 0.2) is 9.84 Å². The van der Waals surface area contributed by atoms with Crippen molar-refractivity contribution in [2.24, 2.45) is 0 Å². The van der Waals surface area contributed by atoms with E-state index in [1.807, 2.05) is 24.3 Å². The number of nitrogens with zero attached hydrogens (tertiary/aromatic N) is 1. The summed E-state index contributed by atoms with van der Waals surface area (Å²) in [5.74, 6) is 0. The molecule has 74 valence electrons. The van der Waals surface area contributed by atoms with E-state index in [0.717, 1.165) is 22.0 Å². The highest BCUT2D eigenvalue weighted by molar-refractivity contribution is 8.01. The topological polar surface area (TPSA) is 33.1 Å². The van der Waals surface area contributed by atoms with Crippen LogP contribution in [-0.4, -0.2) is 22.2 Å². The predicted octanol–water partition coefficient (Wildman–Crippen LogP) is 2.68. The number of hydrogen-bond acceptors (Lipinski definition) is 4. The normalized spacial score (nSPS) is 13.3. The average Bonchev–Trinajstić information content (AvgIpc) is 2.59. The number of alkyl halides is 1. The van der Waals surface area contributed by atoms with E-state index < -0.39 is 12.1 Å². The fourth-order valence-electron chi connectivity index (χ4n) is 1.05. The SMILES string of the molecule is OCC(F)Sc1nc2ccccc2s1. The van der Waals surface area contributed by atoms with E-state index >= 15 is 0 Å². The zero-order chi connectivity index (χ0) is 9.97. The van der Waals surface area contributed by atoms with E-state index in [0.29, 0.717) is 4.34 Å². The molecule has 0 spiro atoms. The lowest BCUT2D eigenvalue weighted by molar-refractivity contribution is 0.233. The van der Waals surface area contributed by atoms with Gasteiger partial charge >= 0.3 is 0 Å². The molecule has 2 aromatic rings. The minimum absolute atomic E-state index is 0.472. The van der Waals surface area contributed by atoms with Gasteiger partial charge in [-0.2, -0.15) is 0 Å². The number of aromatic nitrogens is 1. The van der Waals surface area contributed by atoms with Crippen molar-refractivity contribution in [2.45, 2.75) is 9.84 Å². The lowest BCUT2D eigenvalue weighted by Gasteiger charge is -1.98. The molecule has 14 heavy (non-hydrogen) atoms. The van der Waals surface area contributed by atoms with Crippen LogP contribution in [0.3, 0.4) is 0 Å². The van der Waals surface area contributed by atoms with Gasteiger partial charge in [-0.1, -0.05) is 23.9 Å². The quantitative estimate of drug-likeness (QED) is 0.821. The van der Waals surface area contributed by atoms with Gasteiger partial charge in [-0.15, -0.1) is 11.3 Å². The minimum atomic E-state index is -1.28. The van der Waals surface area contributed by atoms with Crippen molar-refractivity contribution in [1.82, 2.24) is 4.98 Å². The summed E-state index contributed by atoms with van der Waals surface area (Å²) in [5.41, 5.74) is -0.402. The standard InChI is InChI=1S/C9H8FNOS2/c10-8(5-12)14-9-11-6-3-1-2-4-7(6)13-9/h1-4,8,12H,5H2. The molecule has 1 aromatic heterocycles. The van der Waals surface area contributed by atoms with E-state index in [1.165, 1.54) is 11.3 Å². The second kappa shape index (κ2) is 4.25. The Morgan fingerprint density at radius 1 is 1.50 bits per heavy atom. The number of fused-ring (bicyclic) bond motifs is 1. The fraction of sp³-hybridized carbons (Fsp3) is 0.222. The number of hydrogen-bond donors (Lipinski definition) is 1. The Balaban J connectivity index is 2.27. The summed E-state index contributed by atoms with van der Waals surface area (Å²) in [4.78, 5) is 4.23. The van der Waals surface area contributed by atoms with Gasteiger partial charge in [0, 0.05) is 0 Å². The van der Waals surface area contributed by atoms with Crippen LogP contribution in [0.5, 0.6) is 0 Å². The highest BCUT2D eigenvalue weighted by atomic mass is 32.2. The summed E-state index contributed by atoms with van der Waals surface area (Å²) in [6.07, 6.45) is 0. The summed E-state index contributed by atoms with van der Waals surface area (Å²) in [6.45, 7) is -0.472. The molecule has 0 radical (unpaired) electrons. The van der Waals surface area contributed by atoms with Crippen LogP contribution in [-0.2, 0) is 0 Å². The second-order valence-electron chi connectivity index (χ2n) is 2.66. The summed E-state index contributed by atoms with van der Waals surface area (Å²) >= 11 is 2.40. The molecular formula is C9H8FNOS2. The minimum Gasteiger partial charge on any atom is -0.392 e. The number of rotatable bonds is 3. The van der Waals surface area contributed by atoms with Gasteiger partial charge in [0.05, 0.1) is 16.8 Å². The zero-order valence-corrected chi connectivity index (χ0v) is 8.82. The van der Waals surface area contributed by atoms with Crippen molar-refractivity contribution < 1.29 is 9.50 Å². The molecule has 1 N–H and O–H groups in total. The van der Waals surface area contributed by atoms with Gasteiger partial charge < -0.3 is 5.11 Å². The number of aliphatic hydroxyl groups is 1. The number of thiazole rings is 1. The number of halogens is 1. The van der Waals surface area contributed by atoms with E-state index in [2.05, 4.69) is 4.98 Å². The molecule has 1 heterocycles. The molecule has 0 aliphatic rings. The van der Waals surface area contributed by atoms with Crippen LogP contribution in [0.2, 0.25) is 0 Å². The maximum absolute atomic E-state index is 12.8.